The van der Waals surface area contributed by atoms with E-state index < -0.39 is 0 Å². The summed E-state index contributed by atoms with van der Waals surface area (Å²) >= 11 is 6.09. The highest BCUT2D eigenvalue weighted by Crippen LogP contribution is 2.27. The van der Waals surface area contributed by atoms with E-state index in [0.717, 1.165) is 53.6 Å². The monoisotopic (exact) mass is 410 g/mol. The number of piperidine rings is 1. The summed E-state index contributed by atoms with van der Waals surface area (Å²) in [5.74, 6) is 1.33. The summed E-state index contributed by atoms with van der Waals surface area (Å²) in [4.78, 5) is 14.9. The third-order valence-electron chi connectivity index (χ3n) is 5.27. The lowest BCUT2D eigenvalue weighted by Gasteiger charge is -2.33. The molecule has 0 radical (unpaired) electrons. The lowest BCUT2D eigenvalue weighted by Crippen LogP contribution is -2.38. The van der Waals surface area contributed by atoms with Crippen molar-refractivity contribution < 1.29 is 9.53 Å². The predicted octanol–water partition coefficient (Wildman–Crippen LogP) is 4.59. The molecule has 3 aromatic rings. The summed E-state index contributed by atoms with van der Waals surface area (Å²) in [6, 6.07) is 17.4. The number of ether oxygens (including phenoxy) is 1. The molecule has 2 N–H and O–H groups in total. The average Bonchev–Trinajstić information content (AvgIpc) is 3.22. The maximum absolute atomic E-state index is 12.7. The van der Waals surface area contributed by atoms with Gasteiger partial charge < -0.3 is 15.0 Å². The van der Waals surface area contributed by atoms with Crippen molar-refractivity contribution in [3.8, 4) is 17.0 Å². The van der Waals surface area contributed by atoms with Crippen LogP contribution in [-0.2, 0) is 4.79 Å². The van der Waals surface area contributed by atoms with Gasteiger partial charge in [-0.3, -0.25) is 9.89 Å². The summed E-state index contributed by atoms with van der Waals surface area (Å²) in [6.07, 6.45) is 1.60. The van der Waals surface area contributed by atoms with Gasteiger partial charge in [0, 0.05) is 35.8 Å². The maximum atomic E-state index is 12.7. The number of nitrogens with one attached hydrogen (secondary N) is 2. The molecule has 150 valence electrons. The van der Waals surface area contributed by atoms with E-state index in [-0.39, 0.29) is 11.8 Å². The van der Waals surface area contributed by atoms with Gasteiger partial charge in [0.25, 0.3) is 0 Å². The Morgan fingerprint density at radius 1 is 1.17 bits per heavy atom. The molecule has 0 atom stereocenters. The number of amides is 1. The number of hydrogen-bond acceptors (Lipinski definition) is 4. The van der Waals surface area contributed by atoms with Gasteiger partial charge in [-0.15, -0.1) is 0 Å². The molecule has 7 heteroatoms. The lowest BCUT2D eigenvalue weighted by molar-refractivity contribution is -0.120. The van der Waals surface area contributed by atoms with Crippen LogP contribution in [0, 0.1) is 5.92 Å². The molecule has 0 spiro atoms. The summed E-state index contributed by atoms with van der Waals surface area (Å²) in [6.45, 7) is 1.66. The molecule has 2 aromatic carbocycles. The van der Waals surface area contributed by atoms with Crippen LogP contribution >= 0.6 is 11.6 Å². The first-order valence-electron chi connectivity index (χ1n) is 9.63. The van der Waals surface area contributed by atoms with Crippen LogP contribution in [-0.4, -0.2) is 36.3 Å². The summed E-state index contributed by atoms with van der Waals surface area (Å²) in [5.41, 5.74) is 2.93. The van der Waals surface area contributed by atoms with E-state index in [9.17, 15) is 4.79 Å². The maximum Gasteiger partial charge on any atom is 0.228 e. The zero-order valence-corrected chi connectivity index (χ0v) is 16.9. The Kier molecular flexibility index (Phi) is 5.71. The van der Waals surface area contributed by atoms with E-state index in [4.69, 9.17) is 16.3 Å². The second-order valence-corrected chi connectivity index (χ2v) is 7.56. The van der Waals surface area contributed by atoms with E-state index in [1.165, 1.54) is 0 Å². The van der Waals surface area contributed by atoms with Gasteiger partial charge in [0.15, 0.2) is 5.82 Å². The highest BCUT2D eigenvalue weighted by Gasteiger charge is 2.25. The zero-order chi connectivity index (χ0) is 20.2. The van der Waals surface area contributed by atoms with Gasteiger partial charge in [-0.25, -0.2) is 0 Å². The number of anilines is 2. The molecule has 4 rings (SSSR count). The van der Waals surface area contributed by atoms with Crippen LogP contribution in [0.25, 0.3) is 11.3 Å². The SMILES string of the molecule is COc1ccc(-c2cc(NC(=O)C3CCN(c4cccc(Cl)c4)CC3)n[nH]2)cc1. The number of rotatable bonds is 5. The van der Waals surface area contributed by atoms with Crippen LogP contribution in [0.15, 0.2) is 54.6 Å². The highest BCUT2D eigenvalue weighted by molar-refractivity contribution is 6.30. The number of carbonyl (C=O) groups excluding carboxylic acids is 1. The normalized spacial score (nSPS) is 14.6. The zero-order valence-electron chi connectivity index (χ0n) is 16.2. The lowest BCUT2D eigenvalue weighted by atomic mass is 9.95. The second kappa shape index (κ2) is 8.57. The number of aromatic amines is 1. The molecule has 6 nitrogen and oxygen atoms in total. The van der Waals surface area contributed by atoms with Gasteiger partial charge in [0.2, 0.25) is 5.91 Å². The van der Waals surface area contributed by atoms with Gasteiger partial charge in [-0.2, -0.15) is 5.10 Å². The van der Waals surface area contributed by atoms with Crippen molar-refractivity contribution in [3.05, 3.63) is 59.6 Å². The standard InChI is InChI=1S/C22H23ClN4O2/c1-29-19-7-5-15(6-8-19)20-14-21(26-25-20)24-22(28)16-9-11-27(12-10-16)18-4-2-3-17(23)13-18/h2-8,13-14,16H,9-12H2,1H3,(H2,24,25,26,28). The van der Waals surface area contributed by atoms with Crippen molar-refractivity contribution in [1.29, 1.82) is 0 Å². The van der Waals surface area contributed by atoms with Gasteiger partial charge in [0.05, 0.1) is 12.8 Å². The summed E-state index contributed by atoms with van der Waals surface area (Å²) < 4.78 is 5.18. The van der Waals surface area contributed by atoms with Gasteiger partial charge in [0.1, 0.15) is 5.75 Å². The number of hydrogen-bond donors (Lipinski definition) is 2. The smallest absolute Gasteiger partial charge is 0.228 e. The van der Waals surface area contributed by atoms with Crippen molar-refractivity contribution in [1.82, 2.24) is 10.2 Å². The minimum atomic E-state index is -0.0217. The number of benzene rings is 2. The predicted molar refractivity (Wildman–Crippen MR) is 116 cm³/mol. The molecule has 1 fully saturated rings. The number of carbonyl (C=O) groups is 1. The van der Waals surface area contributed by atoms with Crippen LogP contribution in [0.1, 0.15) is 12.8 Å². The van der Waals surface area contributed by atoms with E-state index in [1.54, 1.807) is 7.11 Å². The van der Waals surface area contributed by atoms with Gasteiger partial charge in [-0.1, -0.05) is 17.7 Å². The van der Waals surface area contributed by atoms with Crippen molar-refractivity contribution >= 4 is 29.0 Å². The van der Waals surface area contributed by atoms with E-state index in [2.05, 4.69) is 26.5 Å². The minimum Gasteiger partial charge on any atom is -0.497 e. The third kappa shape index (κ3) is 4.54. The van der Waals surface area contributed by atoms with Crippen molar-refractivity contribution in [2.45, 2.75) is 12.8 Å². The van der Waals surface area contributed by atoms with Crippen molar-refractivity contribution in [3.63, 3.8) is 0 Å². The topological polar surface area (TPSA) is 70.2 Å². The molecule has 1 aromatic heterocycles. The van der Waals surface area contributed by atoms with E-state index in [0.29, 0.717) is 5.82 Å². The molecular formula is C22H23ClN4O2. The Bertz CT molecular complexity index is 978. The number of aromatic nitrogens is 2. The number of H-pyrrole nitrogens is 1. The molecule has 1 saturated heterocycles. The number of nitrogens with zero attached hydrogens (tertiary/aromatic N) is 2. The quantitative estimate of drug-likeness (QED) is 0.645. The Balaban J connectivity index is 1.34. The van der Waals surface area contributed by atoms with Gasteiger partial charge in [-0.05, 0) is 60.9 Å². The largest absolute Gasteiger partial charge is 0.497 e. The molecule has 2 heterocycles. The Hall–Kier alpha value is -2.99. The van der Waals surface area contributed by atoms with Gasteiger partial charge >= 0.3 is 0 Å². The molecule has 1 aliphatic heterocycles. The fourth-order valence-corrected chi connectivity index (χ4v) is 3.79. The van der Waals surface area contributed by atoms with Crippen LogP contribution < -0.4 is 15.0 Å². The molecule has 0 aliphatic carbocycles. The first-order chi connectivity index (χ1) is 14.1. The van der Waals surface area contributed by atoms with Crippen LogP contribution in [0.2, 0.25) is 5.02 Å². The average molecular weight is 411 g/mol. The molecular weight excluding hydrogens is 388 g/mol. The molecule has 1 aliphatic rings. The van der Waals surface area contributed by atoms with E-state index >= 15 is 0 Å². The molecule has 29 heavy (non-hydrogen) atoms. The third-order valence-corrected chi connectivity index (χ3v) is 5.50. The Morgan fingerprint density at radius 2 is 1.93 bits per heavy atom. The van der Waals surface area contributed by atoms with E-state index in [1.807, 2.05) is 48.5 Å². The molecule has 1 amide bonds. The molecule has 0 unspecified atom stereocenters. The highest BCUT2D eigenvalue weighted by atomic mass is 35.5. The van der Waals surface area contributed by atoms with Crippen molar-refractivity contribution in [2.75, 3.05) is 30.4 Å². The number of methoxy groups -OCH3 is 1. The van der Waals surface area contributed by atoms with Crippen LogP contribution in [0.5, 0.6) is 5.75 Å². The summed E-state index contributed by atoms with van der Waals surface area (Å²) in [7, 11) is 1.64. The molecule has 0 saturated carbocycles. The van der Waals surface area contributed by atoms with Crippen LogP contribution in [0.4, 0.5) is 11.5 Å². The Labute approximate surface area is 174 Å². The Morgan fingerprint density at radius 3 is 2.62 bits per heavy atom. The first-order valence-corrected chi connectivity index (χ1v) is 10.0. The van der Waals surface area contributed by atoms with Crippen molar-refractivity contribution in [2.24, 2.45) is 5.92 Å². The van der Waals surface area contributed by atoms with Crippen LogP contribution in [0.3, 0.4) is 0 Å². The fourth-order valence-electron chi connectivity index (χ4n) is 3.61. The number of halogens is 1. The second-order valence-electron chi connectivity index (χ2n) is 7.13. The molecule has 0 bridgehead atoms. The summed E-state index contributed by atoms with van der Waals surface area (Å²) in [5, 5.41) is 10.9. The minimum absolute atomic E-state index is 0.0172. The first kappa shape index (κ1) is 19.3. The fraction of sp³-hybridized carbons (Fsp3) is 0.273.